The van der Waals surface area contributed by atoms with Crippen LogP contribution in [0.15, 0.2) is 36.4 Å². The van der Waals surface area contributed by atoms with Gasteiger partial charge < -0.3 is 11.1 Å². The predicted octanol–water partition coefficient (Wildman–Crippen LogP) is 3.41. The van der Waals surface area contributed by atoms with Crippen molar-refractivity contribution in [1.29, 1.82) is 0 Å². The number of hydrogen-bond acceptors (Lipinski definition) is 3. The first kappa shape index (κ1) is 13.8. The predicted molar refractivity (Wildman–Crippen MR) is 82.3 cm³/mol. The Labute approximate surface area is 115 Å². The maximum Gasteiger partial charge on any atom is 0.126 e. The van der Waals surface area contributed by atoms with Gasteiger partial charge in [0.15, 0.2) is 0 Å². The lowest BCUT2D eigenvalue weighted by atomic mass is 9.95. The molecule has 0 saturated carbocycles. The highest BCUT2D eigenvalue weighted by molar-refractivity contribution is 5.80. The molecule has 0 aliphatic rings. The van der Waals surface area contributed by atoms with E-state index in [0.717, 1.165) is 36.1 Å². The molecule has 0 spiro atoms. The van der Waals surface area contributed by atoms with Crippen LogP contribution >= 0.6 is 0 Å². The highest BCUT2D eigenvalue weighted by Gasteiger charge is 2.13. The second-order valence-corrected chi connectivity index (χ2v) is 5.01. The first-order chi connectivity index (χ1) is 9.24. The molecule has 1 heterocycles. The third-order valence-electron chi connectivity index (χ3n) is 3.77. The molecule has 1 unspecified atom stereocenters. The van der Waals surface area contributed by atoms with Gasteiger partial charge in [-0.1, -0.05) is 44.9 Å². The zero-order chi connectivity index (χ0) is 13.7. The molecule has 102 valence electrons. The zero-order valence-corrected chi connectivity index (χ0v) is 11.8. The van der Waals surface area contributed by atoms with Crippen molar-refractivity contribution in [3.8, 4) is 0 Å². The van der Waals surface area contributed by atoms with Gasteiger partial charge in [-0.2, -0.15) is 0 Å². The highest BCUT2D eigenvalue weighted by Crippen LogP contribution is 2.16. The summed E-state index contributed by atoms with van der Waals surface area (Å²) in [6, 6.07) is 12.4. The molecular weight excluding hydrogens is 234 g/mol. The maximum atomic E-state index is 6.21. The molecule has 0 amide bonds. The Morgan fingerprint density at radius 2 is 1.84 bits per heavy atom. The van der Waals surface area contributed by atoms with E-state index in [9.17, 15) is 0 Å². The summed E-state index contributed by atoms with van der Waals surface area (Å²) in [4.78, 5) is 4.59. The summed E-state index contributed by atoms with van der Waals surface area (Å²) in [5.74, 6) is 1.48. The summed E-state index contributed by atoms with van der Waals surface area (Å²) < 4.78 is 0. The lowest BCUT2D eigenvalue weighted by Gasteiger charge is -2.21. The fourth-order valence-electron chi connectivity index (χ4n) is 2.45. The van der Waals surface area contributed by atoms with Gasteiger partial charge in [0.25, 0.3) is 0 Å². The molecule has 19 heavy (non-hydrogen) atoms. The van der Waals surface area contributed by atoms with E-state index in [0.29, 0.717) is 5.92 Å². The monoisotopic (exact) mass is 257 g/mol. The third-order valence-corrected chi connectivity index (χ3v) is 3.77. The molecule has 3 nitrogen and oxygen atoms in total. The summed E-state index contributed by atoms with van der Waals surface area (Å²) in [7, 11) is 0. The number of aromatic nitrogens is 1. The van der Waals surface area contributed by atoms with E-state index in [1.807, 2.05) is 24.3 Å². The van der Waals surface area contributed by atoms with E-state index >= 15 is 0 Å². The summed E-state index contributed by atoms with van der Waals surface area (Å²) in [5, 5.41) is 4.51. The van der Waals surface area contributed by atoms with Crippen LogP contribution in [0.1, 0.15) is 26.7 Å². The molecule has 0 bridgehead atoms. The number of fused-ring (bicyclic) bond motifs is 1. The molecule has 1 aromatic carbocycles. The van der Waals surface area contributed by atoms with Crippen LogP contribution in [0.3, 0.4) is 0 Å². The topological polar surface area (TPSA) is 50.9 Å². The van der Waals surface area contributed by atoms with Crippen molar-refractivity contribution in [3.05, 3.63) is 36.4 Å². The van der Waals surface area contributed by atoms with Crippen molar-refractivity contribution in [2.24, 2.45) is 11.7 Å². The van der Waals surface area contributed by atoms with Crippen LogP contribution in [-0.2, 0) is 0 Å². The summed E-state index contributed by atoms with van der Waals surface area (Å²) >= 11 is 0. The van der Waals surface area contributed by atoms with Crippen molar-refractivity contribution in [2.45, 2.75) is 32.7 Å². The van der Waals surface area contributed by atoms with Crippen LogP contribution in [-0.4, -0.2) is 17.6 Å². The van der Waals surface area contributed by atoms with E-state index in [4.69, 9.17) is 5.73 Å². The van der Waals surface area contributed by atoms with E-state index in [2.05, 4.69) is 36.3 Å². The third kappa shape index (κ3) is 3.44. The fraction of sp³-hybridized carbons (Fsp3) is 0.438. The number of anilines is 1. The van der Waals surface area contributed by atoms with Crippen LogP contribution in [0.2, 0.25) is 0 Å². The lowest BCUT2D eigenvalue weighted by molar-refractivity contribution is 0.407. The number of hydrogen-bond donors (Lipinski definition) is 2. The molecule has 0 fully saturated rings. The Morgan fingerprint density at radius 1 is 1.11 bits per heavy atom. The van der Waals surface area contributed by atoms with Crippen LogP contribution in [0.4, 0.5) is 5.82 Å². The Kier molecular flexibility index (Phi) is 4.74. The molecule has 1 aromatic heterocycles. The lowest BCUT2D eigenvalue weighted by Crippen LogP contribution is -2.36. The van der Waals surface area contributed by atoms with E-state index < -0.39 is 0 Å². The van der Waals surface area contributed by atoms with Gasteiger partial charge in [0, 0.05) is 18.0 Å². The first-order valence-electron chi connectivity index (χ1n) is 7.09. The van der Waals surface area contributed by atoms with Crippen LogP contribution < -0.4 is 11.1 Å². The number of para-hydroxylation sites is 1. The molecular formula is C16H23N3. The largest absolute Gasteiger partial charge is 0.368 e. The smallest absolute Gasteiger partial charge is 0.126 e. The van der Waals surface area contributed by atoms with Crippen LogP contribution in [0.5, 0.6) is 0 Å². The van der Waals surface area contributed by atoms with Crippen molar-refractivity contribution in [2.75, 3.05) is 11.9 Å². The zero-order valence-electron chi connectivity index (χ0n) is 11.8. The standard InChI is InChI=1S/C16H23N3/c1-3-12(4-2)14(17)11-18-16-10-9-13-7-5-6-8-15(13)19-16/h5-10,12,14H,3-4,11,17H2,1-2H3,(H,18,19). The molecule has 3 N–H and O–H groups in total. The maximum absolute atomic E-state index is 6.21. The highest BCUT2D eigenvalue weighted by atomic mass is 15.0. The van der Waals surface area contributed by atoms with Gasteiger partial charge in [0.05, 0.1) is 5.52 Å². The van der Waals surface area contributed by atoms with Gasteiger partial charge in [0.2, 0.25) is 0 Å². The van der Waals surface area contributed by atoms with Crippen molar-refractivity contribution in [1.82, 2.24) is 4.98 Å². The Morgan fingerprint density at radius 3 is 2.58 bits per heavy atom. The molecule has 0 radical (unpaired) electrons. The summed E-state index contributed by atoms with van der Waals surface area (Å²) in [6.45, 7) is 5.17. The van der Waals surface area contributed by atoms with Crippen LogP contribution in [0, 0.1) is 5.92 Å². The average Bonchev–Trinajstić information content (AvgIpc) is 2.46. The van der Waals surface area contributed by atoms with E-state index in [-0.39, 0.29) is 6.04 Å². The number of pyridine rings is 1. The number of nitrogens with zero attached hydrogens (tertiary/aromatic N) is 1. The summed E-state index contributed by atoms with van der Waals surface area (Å²) in [5.41, 5.74) is 7.23. The quantitative estimate of drug-likeness (QED) is 0.833. The van der Waals surface area contributed by atoms with Crippen molar-refractivity contribution in [3.63, 3.8) is 0 Å². The molecule has 3 heteroatoms. The minimum Gasteiger partial charge on any atom is -0.368 e. The van der Waals surface area contributed by atoms with Gasteiger partial charge in [-0.15, -0.1) is 0 Å². The summed E-state index contributed by atoms with van der Waals surface area (Å²) in [6.07, 6.45) is 2.26. The second kappa shape index (κ2) is 6.53. The van der Waals surface area contributed by atoms with E-state index in [1.165, 1.54) is 0 Å². The van der Waals surface area contributed by atoms with Gasteiger partial charge >= 0.3 is 0 Å². The van der Waals surface area contributed by atoms with Gasteiger partial charge in [-0.25, -0.2) is 4.98 Å². The van der Waals surface area contributed by atoms with Gasteiger partial charge in [-0.05, 0) is 24.1 Å². The number of nitrogens with one attached hydrogen (secondary N) is 1. The van der Waals surface area contributed by atoms with Gasteiger partial charge in [0.1, 0.15) is 5.82 Å². The number of nitrogens with two attached hydrogens (primary N) is 1. The normalized spacial score (nSPS) is 12.8. The molecule has 0 saturated heterocycles. The van der Waals surface area contributed by atoms with Crippen molar-refractivity contribution >= 4 is 16.7 Å². The van der Waals surface area contributed by atoms with Gasteiger partial charge in [-0.3, -0.25) is 0 Å². The van der Waals surface area contributed by atoms with Crippen LogP contribution in [0.25, 0.3) is 10.9 Å². The fourth-order valence-corrected chi connectivity index (χ4v) is 2.45. The first-order valence-corrected chi connectivity index (χ1v) is 7.09. The molecule has 2 rings (SSSR count). The average molecular weight is 257 g/mol. The number of rotatable bonds is 6. The minimum absolute atomic E-state index is 0.184. The SMILES string of the molecule is CCC(CC)C(N)CNc1ccc2ccccc2n1. The number of benzene rings is 1. The molecule has 2 aromatic rings. The Bertz CT molecular complexity index is 520. The molecule has 1 atom stereocenters. The molecule has 0 aliphatic carbocycles. The Balaban J connectivity index is 2.01. The second-order valence-electron chi connectivity index (χ2n) is 5.01. The molecule has 0 aliphatic heterocycles. The Hall–Kier alpha value is -1.61. The van der Waals surface area contributed by atoms with E-state index in [1.54, 1.807) is 0 Å². The van der Waals surface area contributed by atoms with Crippen molar-refractivity contribution < 1.29 is 0 Å². The minimum atomic E-state index is 0.184.